The fourth-order valence-corrected chi connectivity index (χ4v) is 3.24. The largest absolute Gasteiger partial charge is 0.397 e. The maximum Gasteiger partial charge on any atom is 0.229 e. The zero-order valence-electron chi connectivity index (χ0n) is 16.5. The van der Waals surface area contributed by atoms with Gasteiger partial charge in [0.1, 0.15) is 11.6 Å². The van der Waals surface area contributed by atoms with E-state index in [1.807, 2.05) is 48.5 Å². The molecule has 0 amide bonds. The zero-order valence-corrected chi connectivity index (χ0v) is 16.5. The molecule has 3 aromatic rings. The van der Waals surface area contributed by atoms with Gasteiger partial charge in [-0.3, -0.25) is 4.90 Å². The van der Waals surface area contributed by atoms with Gasteiger partial charge in [-0.2, -0.15) is 10.2 Å². The molecule has 0 unspecified atom stereocenters. The summed E-state index contributed by atoms with van der Waals surface area (Å²) in [6.07, 6.45) is 1.49. The van der Waals surface area contributed by atoms with Gasteiger partial charge >= 0.3 is 0 Å². The third-order valence-electron chi connectivity index (χ3n) is 4.82. The van der Waals surface area contributed by atoms with E-state index in [1.165, 1.54) is 6.20 Å². The Kier molecular flexibility index (Phi) is 6.03. The average Bonchev–Trinajstić information content (AvgIpc) is 2.77. The van der Waals surface area contributed by atoms with Crippen molar-refractivity contribution in [3.8, 4) is 6.07 Å². The van der Waals surface area contributed by atoms with Crippen LogP contribution < -0.4 is 16.4 Å². The van der Waals surface area contributed by atoms with Gasteiger partial charge in [-0.1, -0.05) is 24.3 Å². The summed E-state index contributed by atoms with van der Waals surface area (Å²) in [6, 6.07) is 17.6. The van der Waals surface area contributed by atoms with Gasteiger partial charge in [-0.05, 0) is 29.8 Å². The van der Waals surface area contributed by atoms with Crippen LogP contribution in [0.25, 0.3) is 0 Å². The predicted octanol–water partition coefficient (Wildman–Crippen LogP) is 3.25. The number of ether oxygens (including phenoxy) is 1. The Morgan fingerprint density at radius 2 is 1.90 bits per heavy atom. The second-order valence-electron chi connectivity index (χ2n) is 6.99. The van der Waals surface area contributed by atoms with Crippen molar-refractivity contribution in [1.82, 2.24) is 14.9 Å². The second kappa shape index (κ2) is 9.22. The first-order chi connectivity index (χ1) is 14.7. The van der Waals surface area contributed by atoms with E-state index in [4.69, 9.17) is 10.5 Å². The molecule has 8 heteroatoms. The van der Waals surface area contributed by atoms with Gasteiger partial charge in [-0.25, -0.2) is 4.98 Å². The molecule has 0 spiro atoms. The number of anilines is 5. The molecule has 0 atom stereocenters. The van der Waals surface area contributed by atoms with Crippen molar-refractivity contribution in [2.75, 3.05) is 42.7 Å². The molecule has 0 radical (unpaired) electrons. The Balaban J connectivity index is 1.49. The lowest BCUT2D eigenvalue weighted by Crippen LogP contribution is -2.35. The zero-order chi connectivity index (χ0) is 20.8. The lowest BCUT2D eigenvalue weighted by molar-refractivity contribution is 0.0342. The topological polar surface area (TPSA) is 112 Å². The Hall–Kier alpha value is -3.67. The molecule has 4 N–H and O–H groups in total. The van der Waals surface area contributed by atoms with Crippen LogP contribution in [0, 0.1) is 11.3 Å². The third kappa shape index (κ3) is 4.84. The van der Waals surface area contributed by atoms with Crippen molar-refractivity contribution in [3.63, 3.8) is 0 Å². The van der Waals surface area contributed by atoms with Crippen molar-refractivity contribution >= 4 is 28.8 Å². The molecule has 8 nitrogen and oxygen atoms in total. The fraction of sp³-hybridized carbons (Fsp3) is 0.227. The van der Waals surface area contributed by atoms with Gasteiger partial charge in [0, 0.05) is 25.3 Å². The first-order valence-electron chi connectivity index (χ1n) is 9.76. The van der Waals surface area contributed by atoms with Crippen LogP contribution in [0.1, 0.15) is 11.1 Å². The summed E-state index contributed by atoms with van der Waals surface area (Å²) >= 11 is 0. The van der Waals surface area contributed by atoms with E-state index in [1.54, 1.807) is 0 Å². The monoisotopic (exact) mass is 401 g/mol. The number of nitriles is 1. The third-order valence-corrected chi connectivity index (χ3v) is 4.82. The predicted molar refractivity (Wildman–Crippen MR) is 117 cm³/mol. The number of nitrogens with two attached hydrogens (primary N) is 1. The van der Waals surface area contributed by atoms with Crippen LogP contribution >= 0.6 is 0 Å². The fourth-order valence-electron chi connectivity index (χ4n) is 3.24. The molecule has 1 saturated heterocycles. The van der Waals surface area contributed by atoms with Crippen LogP contribution in [0.4, 0.5) is 28.8 Å². The van der Waals surface area contributed by atoms with E-state index >= 15 is 0 Å². The molecule has 1 aliphatic heterocycles. The highest BCUT2D eigenvalue weighted by Crippen LogP contribution is 2.25. The van der Waals surface area contributed by atoms with Crippen molar-refractivity contribution in [3.05, 3.63) is 65.9 Å². The SMILES string of the molecule is N#Cc1cnc(Nc2ccc(CN3CCOCC3)cc2N)nc1Nc1ccccc1. The van der Waals surface area contributed by atoms with Gasteiger partial charge in [0.2, 0.25) is 5.95 Å². The standard InChI is InChI=1S/C22H23N7O/c23-13-17-14-25-22(28-21(17)26-18-4-2-1-3-5-18)27-20-7-6-16(12-19(20)24)15-29-8-10-30-11-9-29/h1-7,12,14H,8-11,15,24H2,(H2,25,26,27,28). The molecule has 1 aromatic heterocycles. The average molecular weight is 401 g/mol. The first-order valence-corrected chi connectivity index (χ1v) is 9.76. The van der Waals surface area contributed by atoms with E-state index in [0.29, 0.717) is 23.0 Å². The van der Waals surface area contributed by atoms with Crippen molar-refractivity contribution in [2.45, 2.75) is 6.54 Å². The normalized spacial score (nSPS) is 14.1. The van der Waals surface area contributed by atoms with E-state index in [2.05, 4.69) is 31.6 Å². The molecule has 1 aliphatic rings. The number of hydrogen-bond donors (Lipinski definition) is 3. The minimum atomic E-state index is 0.359. The van der Waals surface area contributed by atoms with Crippen LogP contribution in [0.5, 0.6) is 0 Å². The number of benzene rings is 2. The molecule has 2 heterocycles. The number of nitrogen functional groups attached to an aromatic ring is 1. The molecule has 1 fully saturated rings. The summed E-state index contributed by atoms with van der Waals surface area (Å²) in [5, 5.41) is 15.7. The quantitative estimate of drug-likeness (QED) is 0.540. The Morgan fingerprint density at radius 3 is 2.63 bits per heavy atom. The lowest BCUT2D eigenvalue weighted by atomic mass is 10.1. The number of para-hydroxylation sites is 1. The molecule has 30 heavy (non-hydrogen) atoms. The summed E-state index contributed by atoms with van der Waals surface area (Å²) < 4.78 is 5.39. The summed E-state index contributed by atoms with van der Waals surface area (Å²) in [5.41, 5.74) is 9.94. The lowest BCUT2D eigenvalue weighted by Gasteiger charge is -2.26. The molecule has 0 saturated carbocycles. The smallest absolute Gasteiger partial charge is 0.229 e. The van der Waals surface area contributed by atoms with Crippen molar-refractivity contribution in [1.29, 1.82) is 5.26 Å². The van der Waals surface area contributed by atoms with Crippen molar-refractivity contribution < 1.29 is 4.74 Å². The minimum absolute atomic E-state index is 0.359. The molecular formula is C22H23N7O. The summed E-state index contributed by atoms with van der Waals surface area (Å²) in [6.45, 7) is 4.23. The number of aromatic nitrogens is 2. The molecule has 152 valence electrons. The summed E-state index contributed by atoms with van der Waals surface area (Å²) in [7, 11) is 0. The highest BCUT2D eigenvalue weighted by atomic mass is 16.5. The first kappa shape index (κ1) is 19.6. The Morgan fingerprint density at radius 1 is 1.10 bits per heavy atom. The molecule has 4 rings (SSSR count). The van der Waals surface area contributed by atoms with Gasteiger partial charge in [0.15, 0.2) is 5.82 Å². The summed E-state index contributed by atoms with van der Waals surface area (Å²) in [4.78, 5) is 11.0. The second-order valence-corrected chi connectivity index (χ2v) is 6.99. The molecule has 0 aliphatic carbocycles. The number of nitrogens with zero attached hydrogens (tertiary/aromatic N) is 4. The molecule has 0 bridgehead atoms. The number of morpholine rings is 1. The summed E-state index contributed by atoms with van der Waals surface area (Å²) in [5.74, 6) is 0.795. The van der Waals surface area contributed by atoms with Crippen molar-refractivity contribution in [2.24, 2.45) is 0 Å². The number of nitrogens with one attached hydrogen (secondary N) is 2. The molecular weight excluding hydrogens is 378 g/mol. The van der Waals surface area contributed by atoms with Gasteiger partial charge in [0.05, 0.1) is 30.8 Å². The van der Waals surface area contributed by atoms with Crippen LogP contribution in [-0.2, 0) is 11.3 Å². The van der Waals surface area contributed by atoms with E-state index < -0.39 is 0 Å². The highest BCUT2D eigenvalue weighted by molar-refractivity contribution is 5.72. The maximum atomic E-state index is 9.36. The van der Waals surface area contributed by atoms with Crippen LogP contribution in [0.15, 0.2) is 54.7 Å². The van der Waals surface area contributed by atoms with Crippen LogP contribution in [-0.4, -0.2) is 41.2 Å². The number of rotatable bonds is 6. The van der Waals surface area contributed by atoms with Crippen LogP contribution in [0.3, 0.4) is 0 Å². The van der Waals surface area contributed by atoms with Gasteiger partial charge < -0.3 is 21.1 Å². The van der Waals surface area contributed by atoms with E-state index in [0.717, 1.165) is 49.8 Å². The van der Waals surface area contributed by atoms with Gasteiger partial charge in [0.25, 0.3) is 0 Å². The maximum absolute atomic E-state index is 9.36. The minimum Gasteiger partial charge on any atom is -0.397 e. The Labute approximate surface area is 175 Å². The van der Waals surface area contributed by atoms with Gasteiger partial charge in [-0.15, -0.1) is 0 Å². The number of hydrogen-bond acceptors (Lipinski definition) is 8. The highest BCUT2D eigenvalue weighted by Gasteiger charge is 2.12. The van der Waals surface area contributed by atoms with Crippen LogP contribution in [0.2, 0.25) is 0 Å². The van der Waals surface area contributed by atoms with E-state index in [9.17, 15) is 5.26 Å². The van der Waals surface area contributed by atoms with E-state index in [-0.39, 0.29) is 0 Å². The Bertz CT molecular complexity index is 1040. The molecule has 2 aromatic carbocycles.